The number of hydrogen-bond donors (Lipinski definition) is 1. The summed E-state index contributed by atoms with van der Waals surface area (Å²) in [6.45, 7) is 4.59. The zero-order valence-electron chi connectivity index (χ0n) is 12.2. The van der Waals surface area contributed by atoms with Crippen molar-refractivity contribution in [1.82, 2.24) is 15.0 Å². The Hall–Kier alpha value is -2.21. The molecule has 6 heteroatoms. The number of nitrogens with two attached hydrogens (primary N) is 1. The molecule has 3 rings (SSSR count). The third-order valence-corrected chi connectivity index (χ3v) is 3.56. The normalized spacial score (nSPS) is 15.2. The maximum absolute atomic E-state index is 12.4. The number of carbonyl (C=O) groups is 1. The van der Waals surface area contributed by atoms with E-state index in [9.17, 15) is 4.79 Å². The van der Waals surface area contributed by atoms with Gasteiger partial charge in [0.2, 0.25) is 5.89 Å². The van der Waals surface area contributed by atoms with Crippen molar-refractivity contribution in [3.63, 3.8) is 0 Å². The molecule has 0 atom stereocenters. The number of hydrogen-bond acceptors (Lipinski definition) is 5. The highest BCUT2D eigenvalue weighted by atomic mass is 16.5. The highest BCUT2D eigenvalue weighted by Gasteiger charge is 2.27. The summed E-state index contributed by atoms with van der Waals surface area (Å²) in [6.07, 6.45) is 0.839. The Morgan fingerprint density at radius 1 is 1.38 bits per heavy atom. The number of nitrogens with zero attached hydrogens (tertiary/aromatic N) is 3. The van der Waals surface area contributed by atoms with Crippen LogP contribution in [-0.2, 0) is 18.5 Å². The van der Waals surface area contributed by atoms with Crippen LogP contribution in [0.1, 0.15) is 41.5 Å². The predicted molar refractivity (Wildman–Crippen MR) is 76.4 cm³/mol. The number of rotatable bonds is 3. The first-order valence-corrected chi connectivity index (χ1v) is 6.94. The Kier molecular flexibility index (Phi) is 3.25. The van der Waals surface area contributed by atoms with Crippen LogP contribution in [0.5, 0.6) is 0 Å². The lowest BCUT2D eigenvalue weighted by Crippen LogP contribution is -2.37. The van der Waals surface area contributed by atoms with Crippen molar-refractivity contribution in [1.29, 1.82) is 0 Å². The van der Waals surface area contributed by atoms with Gasteiger partial charge in [0, 0.05) is 12.1 Å². The first-order chi connectivity index (χ1) is 9.95. The summed E-state index contributed by atoms with van der Waals surface area (Å²) < 4.78 is 5.20. The van der Waals surface area contributed by atoms with Crippen LogP contribution in [0.3, 0.4) is 0 Å². The van der Waals surface area contributed by atoms with Crippen LogP contribution >= 0.6 is 0 Å². The first-order valence-electron chi connectivity index (χ1n) is 6.94. The standard InChI is InChI=1S/C15H18N4O2/c1-15(2,16)14-17-12(21-18-14)9-19-8-7-10-5-3-4-6-11(10)13(19)20/h3-6H,7-9,16H2,1-2H3. The largest absolute Gasteiger partial charge is 0.337 e. The average molecular weight is 286 g/mol. The molecule has 1 amide bonds. The van der Waals surface area contributed by atoms with Crippen LogP contribution < -0.4 is 5.73 Å². The van der Waals surface area contributed by atoms with Gasteiger partial charge < -0.3 is 15.2 Å². The molecule has 1 aliphatic heterocycles. The van der Waals surface area contributed by atoms with Crippen molar-refractivity contribution >= 4 is 5.91 Å². The van der Waals surface area contributed by atoms with Crippen molar-refractivity contribution < 1.29 is 9.32 Å². The molecule has 0 bridgehead atoms. The van der Waals surface area contributed by atoms with E-state index in [1.54, 1.807) is 4.90 Å². The Morgan fingerprint density at radius 3 is 2.86 bits per heavy atom. The lowest BCUT2D eigenvalue weighted by molar-refractivity contribution is 0.0707. The van der Waals surface area contributed by atoms with Gasteiger partial charge >= 0.3 is 0 Å². The SMILES string of the molecule is CC(C)(N)c1noc(CN2CCc3ccccc3C2=O)n1. The van der Waals surface area contributed by atoms with E-state index in [0.29, 0.717) is 24.8 Å². The van der Waals surface area contributed by atoms with Gasteiger partial charge in [-0.05, 0) is 31.9 Å². The fourth-order valence-corrected chi connectivity index (χ4v) is 2.37. The molecule has 2 aromatic rings. The number of aromatic nitrogens is 2. The van der Waals surface area contributed by atoms with Crippen LogP contribution in [0.25, 0.3) is 0 Å². The number of fused-ring (bicyclic) bond motifs is 1. The summed E-state index contributed by atoms with van der Waals surface area (Å²) in [6, 6.07) is 7.68. The number of carbonyl (C=O) groups excluding carboxylic acids is 1. The Morgan fingerprint density at radius 2 is 2.14 bits per heavy atom. The van der Waals surface area contributed by atoms with Gasteiger partial charge in [-0.15, -0.1) is 0 Å². The Balaban J connectivity index is 1.78. The van der Waals surface area contributed by atoms with Crippen molar-refractivity contribution in [3.8, 4) is 0 Å². The van der Waals surface area contributed by atoms with E-state index < -0.39 is 5.54 Å². The lowest BCUT2D eigenvalue weighted by Gasteiger charge is -2.27. The zero-order valence-corrected chi connectivity index (χ0v) is 12.2. The second-order valence-corrected chi connectivity index (χ2v) is 5.87. The molecule has 0 saturated carbocycles. The van der Waals surface area contributed by atoms with Gasteiger partial charge in [0.15, 0.2) is 5.82 Å². The van der Waals surface area contributed by atoms with E-state index in [2.05, 4.69) is 10.1 Å². The highest BCUT2D eigenvalue weighted by molar-refractivity contribution is 5.96. The molecule has 110 valence electrons. The molecule has 1 aliphatic rings. The van der Waals surface area contributed by atoms with Crippen molar-refractivity contribution in [2.24, 2.45) is 5.73 Å². The van der Waals surface area contributed by atoms with Crippen molar-refractivity contribution in [2.45, 2.75) is 32.4 Å². The smallest absolute Gasteiger partial charge is 0.254 e. The van der Waals surface area contributed by atoms with Gasteiger partial charge in [-0.3, -0.25) is 4.79 Å². The average Bonchev–Trinajstić information content (AvgIpc) is 2.91. The summed E-state index contributed by atoms with van der Waals surface area (Å²) in [5.41, 5.74) is 7.12. The molecule has 1 aromatic carbocycles. The second kappa shape index (κ2) is 4.96. The van der Waals surface area contributed by atoms with Gasteiger partial charge in [0.1, 0.15) is 6.54 Å². The topological polar surface area (TPSA) is 85.2 Å². The minimum Gasteiger partial charge on any atom is -0.337 e. The summed E-state index contributed by atoms with van der Waals surface area (Å²) in [7, 11) is 0. The minimum atomic E-state index is -0.653. The second-order valence-electron chi connectivity index (χ2n) is 5.87. The van der Waals surface area contributed by atoms with E-state index in [0.717, 1.165) is 17.5 Å². The van der Waals surface area contributed by atoms with E-state index in [1.807, 2.05) is 38.1 Å². The number of amides is 1. The number of benzene rings is 1. The van der Waals surface area contributed by atoms with Gasteiger partial charge in [0.05, 0.1) is 5.54 Å². The molecule has 0 aliphatic carbocycles. The van der Waals surface area contributed by atoms with E-state index in [-0.39, 0.29) is 5.91 Å². The first kappa shape index (κ1) is 13.8. The van der Waals surface area contributed by atoms with E-state index >= 15 is 0 Å². The van der Waals surface area contributed by atoms with Gasteiger partial charge in [-0.2, -0.15) is 4.98 Å². The lowest BCUT2D eigenvalue weighted by atomic mass is 9.99. The Labute approximate surface area is 122 Å². The van der Waals surface area contributed by atoms with Gasteiger partial charge in [0.25, 0.3) is 5.91 Å². The molecule has 21 heavy (non-hydrogen) atoms. The summed E-state index contributed by atoms with van der Waals surface area (Å²) in [5, 5.41) is 3.87. The molecule has 0 saturated heterocycles. The molecule has 2 N–H and O–H groups in total. The summed E-state index contributed by atoms with van der Waals surface area (Å²) >= 11 is 0. The van der Waals surface area contributed by atoms with Gasteiger partial charge in [-0.1, -0.05) is 23.4 Å². The van der Waals surface area contributed by atoms with Crippen LogP contribution in [0.15, 0.2) is 28.8 Å². The quantitative estimate of drug-likeness (QED) is 0.923. The van der Waals surface area contributed by atoms with Gasteiger partial charge in [-0.25, -0.2) is 0 Å². The highest BCUT2D eigenvalue weighted by Crippen LogP contribution is 2.20. The van der Waals surface area contributed by atoms with E-state index in [1.165, 1.54) is 0 Å². The Bertz CT molecular complexity index is 672. The third-order valence-electron chi connectivity index (χ3n) is 3.56. The van der Waals surface area contributed by atoms with E-state index in [4.69, 9.17) is 10.3 Å². The predicted octanol–water partition coefficient (Wildman–Crippen LogP) is 1.46. The zero-order chi connectivity index (χ0) is 15.0. The van der Waals surface area contributed by atoms with Crippen molar-refractivity contribution in [3.05, 3.63) is 47.1 Å². The van der Waals surface area contributed by atoms with Crippen LogP contribution in [-0.4, -0.2) is 27.5 Å². The summed E-state index contributed by atoms with van der Waals surface area (Å²) in [4.78, 5) is 18.4. The fourth-order valence-electron chi connectivity index (χ4n) is 2.37. The minimum absolute atomic E-state index is 0.00334. The molecule has 0 unspecified atom stereocenters. The molecular formula is C15H18N4O2. The molecule has 1 aromatic heterocycles. The van der Waals surface area contributed by atoms with Crippen molar-refractivity contribution in [2.75, 3.05) is 6.54 Å². The maximum atomic E-state index is 12.4. The maximum Gasteiger partial charge on any atom is 0.254 e. The molecular weight excluding hydrogens is 268 g/mol. The molecule has 6 nitrogen and oxygen atoms in total. The van der Waals surface area contributed by atoms with Crippen LogP contribution in [0.4, 0.5) is 0 Å². The summed E-state index contributed by atoms with van der Waals surface area (Å²) in [5.74, 6) is 0.863. The molecule has 0 fully saturated rings. The van der Waals surface area contributed by atoms with Crippen LogP contribution in [0.2, 0.25) is 0 Å². The monoisotopic (exact) mass is 286 g/mol. The fraction of sp³-hybridized carbons (Fsp3) is 0.400. The molecule has 0 radical (unpaired) electrons. The molecule has 0 spiro atoms. The van der Waals surface area contributed by atoms with Crippen LogP contribution in [0, 0.1) is 0 Å². The third kappa shape index (κ3) is 2.67. The molecule has 2 heterocycles.